The zero-order chi connectivity index (χ0) is 13.2. The predicted octanol–water partition coefficient (Wildman–Crippen LogP) is 5.16. The Kier molecular flexibility index (Phi) is 3.40. The van der Waals surface area contributed by atoms with Gasteiger partial charge in [0.15, 0.2) is 0 Å². The van der Waals surface area contributed by atoms with E-state index < -0.39 is 0 Å². The molecule has 0 fully saturated rings. The number of hydrogen-bond donors (Lipinski definition) is 1. The van der Waals surface area contributed by atoms with Gasteiger partial charge in [-0.2, -0.15) is 0 Å². The fourth-order valence-electron chi connectivity index (χ4n) is 1.88. The van der Waals surface area contributed by atoms with E-state index in [0.29, 0.717) is 0 Å². The van der Waals surface area contributed by atoms with Crippen molar-refractivity contribution in [2.75, 3.05) is 0 Å². The van der Waals surface area contributed by atoms with Gasteiger partial charge >= 0.3 is 0 Å². The van der Waals surface area contributed by atoms with Crippen LogP contribution in [-0.2, 0) is 0 Å². The van der Waals surface area contributed by atoms with Gasteiger partial charge in [0.2, 0.25) is 0 Å². The van der Waals surface area contributed by atoms with E-state index in [1.165, 1.54) is 0 Å². The first kappa shape index (κ1) is 12.5. The third-order valence-corrected chi connectivity index (χ3v) is 3.65. The van der Waals surface area contributed by atoms with E-state index in [4.69, 9.17) is 11.6 Å². The van der Waals surface area contributed by atoms with Crippen molar-refractivity contribution in [1.82, 2.24) is 9.97 Å². The first-order chi connectivity index (χ1) is 9.24. The fraction of sp³-hybridized carbons (Fsp3) is 0. The molecule has 94 valence electrons. The molecule has 0 bridgehead atoms. The summed E-state index contributed by atoms with van der Waals surface area (Å²) in [5.74, 6) is 0.822. The number of nitrogens with one attached hydrogen (secondary N) is 1. The lowest BCUT2D eigenvalue weighted by atomic mass is 10.2. The van der Waals surface area contributed by atoms with Crippen LogP contribution in [0.4, 0.5) is 0 Å². The molecule has 0 spiro atoms. The molecule has 0 saturated heterocycles. The SMILES string of the molecule is Clc1ccc(-c2nc(-c3ccccc3)c(Br)[nH]2)cc1. The quantitative estimate of drug-likeness (QED) is 0.689. The summed E-state index contributed by atoms with van der Waals surface area (Å²) in [6.45, 7) is 0. The largest absolute Gasteiger partial charge is 0.332 e. The minimum atomic E-state index is 0.720. The van der Waals surface area contributed by atoms with Crippen LogP contribution >= 0.6 is 27.5 Å². The van der Waals surface area contributed by atoms with E-state index >= 15 is 0 Å². The van der Waals surface area contributed by atoms with Gasteiger partial charge in [-0.15, -0.1) is 0 Å². The number of nitrogens with zero attached hydrogens (tertiary/aromatic N) is 1. The number of halogens is 2. The third-order valence-electron chi connectivity index (χ3n) is 2.82. The van der Waals surface area contributed by atoms with Crippen LogP contribution in [0.15, 0.2) is 59.2 Å². The summed E-state index contributed by atoms with van der Waals surface area (Å²) < 4.78 is 0.878. The molecule has 0 saturated carbocycles. The molecule has 19 heavy (non-hydrogen) atoms. The van der Waals surface area contributed by atoms with Crippen LogP contribution in [0.25, 0.3) is 22.6 Å². The first-order valence-corrected chi connectivity index (χ1v) is 6.98. The Morgan fingerprint density at radius 2 is 1.58 bits per heavy atom. The van der Waals surface area contributed by atoms with Crippen molar-refractivity contribution in [1.29, 1.82) is 0 Å². The molecule has 4 heteroatoms. The first-order valence-electron chi connectivity index (χ1n) is 5.81. The second-order valence-corrected chi connectivity index (χ2v) is 5.35. The topological polar surface area (TPSA) is 28.7 Å². The predicted molar refractivity (Wildman–Crippen MR) is 82.2 cm³/mol. The van der Waals surface area contributed by atoms with Gasteiger partial charge in [-0.05, 0) is 40.2 Å². The second-order valence-electron chi connectivity index (χ2n) is 4.12. The lowest BCUT2D eigenvalue weighted by Gasteiger charge is -1.97. The number of aromatic amines is 1. The van der Waals surface area contributed by atoms with Crippen molar-refractivity contribution in [3.8, 4) is 22.6 Å². The maximum atomic E-state index is 5.89. The summed E-state index contributed by atoms with van der Waals surface area (Å²) in [4.78, 5) is 7.88. The number of benzene rings is 2. The van der Waals surface area contributed by atoms with Crippen LogP contribution in [0.5, 0.6) is 0 Å². The number of hydrogen-bond acceptors (Lipinski definition) is 1. The Morgan fingerprint density at radius 3 is 2.26 bits per heavy atom. The van der Waals surface area contributed by atoms with Crippen molar-refractivity contribution < 1.29 is 0 Å². The summed E-state index contributed by atoms with van der Waals surface area (Å²) in [5, 5.41) is 0.720. The number of H-pyrrole nitrogens is 1. The average molecular weight is 334 g/mol. The lowest BCUT2D eigenvalue weighted by molar-refractivity contribution is 1.30. The van der Waals surface area contributed by atoms with Gasteiger partial charge in [0.25, 0.3) is 0 Å². The van der Waals surface area contributed by atoms with E-state index in [1.807, 2.05) is 54.6 Å². The lowest BCUT2D eigenvalue weighted by Crippen LogP contribution is -1.80. The summed E-state index contributed by atoms with van der Waals surface area (Å²) >= 11 is 9.41. The molecule has 1 N–H and O–H groups in total. The molecule has 0 aliphatic carbocycles. The number of imidazole rings is 1. The number of rotatable bonds is 2. The average Bonchev–Trinajstić information content (AvgIpc) is 2.83. The molecule has 1 aromatic heterocycles. The van der Waals surface area contributed by atoms with Gasteiger partial charge < -0.3 is 4.98 Å². The normalized spacial score (nSPS) is 10.6. The van der Waals surface area contributed by atoms with E-state index in [1.54, 1.807) is 0 Å². The van der Waals surface area contributed by atoms with Gasteiger partial charge in [-0.1, -0.05) is 41.9 Å². The van der Waals surface area contributed by atoms with Crippen molar-refractivity contribution in [2.24, 2.45) is 0 Å². The molecule has 3 aromatic rings. The molecular formula is C15H10BrClN2. The Balaban J connectivity index is 2.04. The molecule has 2 nitrogen and oxygen atoms in total. The molecule has 0 unspecified atom stereocenters. The van der Waals surface area contributed by atoms with Gasteiger partial charge in [0.05, 0.1) is 0 Å². The highest BCUT2D eigenvalue weighted by atomic mass is 79.9. The van der Waals surface area contributed by atoms with Crippen molar-refractivity contribution in [2.45, 2.75) is 0 Å². The monoisotopic (exact) mass is 332 g/mol. The van der Waals surface area contributed by atoms with E-state index in [-0.39, 0.29) is 0 Å². The standard InChI is InChI=1S/C15H10BrClN2/c16-14-13(10-4-2-1-3-5-10)18-15(19-14)11-6-8-12(17)9-7-11/h1-9H,(H,18,19). The summed E-state index contributed by atoms with van der Waals surface area (Å²) in [7, 11) is 0. The summed E-state index contributed by atoms with van der Waals surface area (Å²) in [6.07, 6.45) is 0. The Morgan fingerprint density at radius 1 is 0.895 bits per heavy atom. The molecule has 1 heterocycles. The van der Waals surface area contributed by atoms with E-state index in [0.717, 1.165) is 32.3 Å². The smallest absolute Gasteiger partial charge is 0.138 e. The van der Waals surface area contributed by atoms with Crippen molar-refractivity contribution in [3.63, 3.8) is 0 Å². The van der Waals surface area contributed by atoms with Gasteiger partial charge in [0, 0.05) is 16.1 Å². The maximum Gasteiger partial charge on any atom is 0.138 e. The van der Waals surface area contributed by atoms with E-state index in [9.17, 15) is 0 Å². The minimum Gasteiger partial charge on any atom is -0.332 e. The van der Waals surface area contributed by atoms with Gasteiger partial charge in [-0.25, -0.2) is 4.98 Å². The zero-order valence-corrected chi connectivity index (χ0v) is 12.2. The van der Waals surface area contributed by atoms with Crippen molar-refractivity contribution in [3.05, 3.63) is 64.2 Å². The van der Waals surface area contributed by atoms with Crippen LogP contribution in [-0.4, -0.2) is 9.97 Å². The molecule has 3 rings (SSSR count). The summed E-state index contributed by atoms with van der Waals surface area (Å²) in [5.41, 5.74) is 2.99. The Hall–Kier alpha value is -1.58. The van der Waals surface area contributed by atoms with Crippen LogP contribution in [0.2, 0.25) is 5.02 Å². The molecule has 2 aromatic carbocycles. The number of aromatic nitrogens is 2. The second kappa shape index (κ2) is 5.19. The highest BCUT2D eigenvalue weighted by molar-refractivity contribution is 9.10. The molecule has 0 aliphatic heterocycles. The van der Waals surface area contributed by atoms with Crippen LogP contribution in [0.1, 0.15) is 0 Å². The molecular weight excluding hydrogens is 324 g/mol. The maximum absolute atomic E-state index is 5.89. The molecule has 0 aliphatic rings. The molecule has 0 radical (unpaired) electrons. The van der Waals surface area contributed by atoms with E-state index in [2.05, 4.69) is 25.9 Å². The Bertz CT molecular complexity index is 690. The van der Waals surface area contributed by atoms with Gasteiger partial charge in [-0.3, -0.25) is 0 Å². The minimum absolute atomic E-state index is 0.720. The van der Waals surface area contributed by atoms with Gasteiger partial charge in [0.1, 0.15) is 16.1 Å². The van der Waals surface area contributed by atoms with Crippen molar-refractivity contribution >= 4 is 27.5 Å². The highest BCUT2D eigenvalue weighted by Gasteiger charge is 2.11. The third kappa shape index (κ3) is 2.57. The van der Waals surface area contributed by atoms with Crippen LogP contribution < -0.4 is 0 Å². The van der Waals surface area contributed by atoms with Crippen LogP contribution in [0, 0.1) is 0 Å². The molecule has 0 atom stereocenters. The Labute approximate surface area is 124 Å². The zero-order valence-electron chi connectivity index (χ0n) is 9.90. The fourth-order valence-corrected chi connectivity index (χ4v) is 2.52. The van der Waals surface area contributed by atoms with Crippen LogP contribution in [0.3, 0.4) is 0 Å². The summed E-state index contributed by atoms with van der Waals surface area (Å²) in [6, 6.07) is 17.7. The highest BCUT2D eigenvalue weighted by Crippen LogP contribution is 2.29. The molecule has 0 amide bonds.